The molecular weight excluding hydrogens is 349 g/mol. The number of carboxylic acid groups (broad SMARTS) is 1. The number of rotatable bonds is 1. The SMILES string of the molecule is C=CC(=O)O.[H-].[H-].[La].[Mn].[Sr+2]. The van der Waals surface area contributed by atoms with Crippen LogP contribution >= 0.6 is 0 Å². The molecule has 42 valence electrons. The Hall–Kier alpha value is 2.40. The molecule has 0 aromatic carbocycles. The molecule has 0 spiro atoms. The van der Waals surface area contributed by atoms with Gasteiger partial charge in [-0.05, 0) is 0 Å². The summed E-state index contributed by atoms with van der Waals surface area (Å²) in [5.41, 5.74) is 0. The third-order valence-electron chi connectivity index (χ3n) is 0.175. The van der Waals surface area contributed by atoms with Crippen molar-refractivity contribution >= 4 is 51.5 Å². The van der Waals surface area contributed by atoms with E-state index in [1.165, 1.54) is 0 Å². The van der Waals surface area contributed by atoms with Crippen LogP contribution in [0.4, 0.5) is 0 Å². The molecule has 0 aliphatic carbocycles. The number of hydrogen-bond donors (Lipinski definition) is 1. The van der Waals surface area contributed by atoms with Gasteiger partial charge in [0.1, 0.15) is 0 Å². The molecule has 5 heteroatoms. The van der Waals surface area contributed by atoms with Crippen LogP contribution in [0.2, 0.25) is 0 Å². The fourth-order valence-electron chi connectivity index (χ4n) is 0. The maximum atomic E-state index is 9.25. The van der Waals surface area contributed by atoms with Crippen LogP contribution in [-0.2, 0) is 21.9 Å². The molecule has 0 aromatic heterocycles. The Labute approximate surface area is 127 Å². The van der Waals surface area contributed by atoms with Crippen LogP contribution in [0.25, 0.3) is 0 Å². The number of hydrogen-bond acceptors (Lipinski definition) is 1. The number of aliphatic carboxylic acids is 1. The second-order valence-corrected chi connectivity index (χ2v) is 0.542. The Morgan fingerprint density at radius 2 is 1.88 bits per heavy atom. The zero-order chi connectivity index (χ0) is 4.28. The zero-order valence-electron chi connectivity index (χ0n) is 6.30. The van der Waals surface area contributed by atoms with Crippen LogP contribution in [-0.4, -0.2) is 56.6 Å². The van der Waals surface area contributed by atoms with Crippen LogP contribution in [0, 0.1) is 35.6 Å². The van der Waals surface area contributed by atoms with Crippen LogP contribution in [0.3, 0.4) is 0 Å². The normalized spacial score (nSPS) is 4.00. The molecular formula is C3H6LaMnO2Sr. The first-order chi connectivity index (χ1) is 2.27. The van der Waals surface area contributed by atoms with Crippen molar-refractivity contribution in [2.24, 2.45) is 0 Å². The minimum atomic E-state index is -0.981. The van der Waals surface area contributed by atoms with Crippen LogP contribution in [0.1, 0.15) is 2.85 Å². The minimum absolute atomic E-state index is 0. The van der Waals surface area contributed by atoms with Gasteiger partial charge in [-0.1, -0.05) is 6.58 Å². The van der Waals surface area contributed by atoms with Gasteiger partial charge < -0.3 is 7.96 Å². The Balaban J connectivity index is -0.00000000800. The van der Waals surface area contributed by atoms with Gasteiger partial charge in [-0.2, -0.15) is 0 Å². The summed E-state index contributed by atoms with van der Waals surface area (Å²) >= 11 is 0. The largest absolute Gasteiger partial charge is 2.00 e. The molecule has 2 nitrogen and oxygen atoms in total. The molecule has 1 N–H and O–H groups in total. The van der Waals surface area contributed by atoms with Crippen molar-refractivity contribution in [1.82, 2.24) is 0 Å². The Morgan fingerprint density at radius 1 is 1.75 bits per heavy atom. The van der Waals surface area contributed by atoms with Gasteiger partial charge in [0.2, 0.25) is 0 Å². The quantitative estimate of drug-likeness (QED) is 0.535. The van der Waals surface area contributed by atoms with E-state index in [0.29, 0.717) is 0 Å². The Morgan fingerprint density at radius 3 is 1.88 bits per heavy atom. The maximum absolute atomic E-state index is 9.25. The summed E-state index contributed by atoms with van der Waals surface area (Å²) < 4.78 is 0. The van der Waals surface area contributed by atoms with Gasteiger partial charge in [-0.25, -0.2) is 4.79 Å². The zero-order valence-corrected chi connectivity index (χ0v) is 12.6. The molecule has 0 bridgehead atoms. The van der Waals surface area contributed by atoms with Gasteiger partial charge in [0.25, 0.3) is 0 Å². The average Bonchev–Trinajstić information content (AvgIpc) is 1.38. The number of carbonyl (C=O) groups is 1. The summed E-state index contributed by atoms with van der Waals surface area (Å²) in [5.74, 6) is -0.981. The molecule has 0 saturated carbocycles. The van der Waals surface area contributed by atoms with E-state index in [0.717, 1.165) is 6.08 Å². The number of carboxylic acids is 1. The van der Waals surface area contributed by atoms with Crippen molar-refractivity contribution in [1.29, 1.82) is 0 Å². The van der Waals surface area contributed by atoms with Crippen molar-refractivity contribution in [3.8, 4) is 0 Å². The van der Waals surface area contributed by atoms with Crippen molar-refractivity contribution in [3.05, 3.63) is 12.7 Å². The molecule has 0 aromatic rings. The molecule has 0 rings (SSSR count). The summed E-state index contributed by atoms with van der Waals surface area (Å²) in [6, 6.07) is 0. The van der Waals surface area contributed by atoms with Gasteiger partial charge in [0, 0.05) is 58.7 Å². The molecule has 0 fully saturated rings. The predicted molar refractivity (Wildman–Crippen MR) is 25.8 cm³/mol. The monoisotopic (exact) mass is 356 g/mol. The second kappa shape index (κ2) is 16.2. The third kappa shape index (κ3) is 23.8. The summed E-state index contributed by atoms with van der Waals surface area (Å²) in [7, 11) is 0. The maximum Gasteiger partial charge on any atom is 2.00 e. The topological polar surface area (TPSA) is 37.3 Å². The van der Waals surface area contributed by atoms with Gasteiger partial charge in [-0.15, -0.1) is 0 Å². The molecule has 0 unspecified atom stereocenters. The van der Waals surface area contributed by atoms with Crippen molar-refractivity contribution in [2.75, 3.05) is 0 Å². The minimum Gasteiger partial charge on any atom is -1.00 e. The smallest absolute Gasteiger partial charge is 1.00 e. The summed E-state index contributed by atoms with van der Waals surface area (Å²) in [6.07, 6.45) is 0.833. The third-order valence-corrected chi connectivity index (χ3v) is 0.175. The molecule has 0 atom stereocenters. The van der Waals surface area contributed by atoms with Crippen LogP contribution < -0.4 is 0 Å². The Kier molecular flexibility index (Phi) is 45.4. The summed E-state index contributed by atoms with van der Waals surface area (Å²) in [4.78, 5) is 9.25. The van der Waals surface area contributed by atoms with Crippen molar-refractivity contribution in [3.63, 3.8) is 0 Å². The second-order valence-electron chi connectivity index (χ2n) is 0.542. The van der Waals surface area contributed by atoms with E-state index in [1.54, 1.807) is 0 Å². The van der Waals surface area contributed by atoms with Crippen molar-refractivity contribution < 1.29 is 65.4 Å². The van der Waals surface area contributed by atoms with E-state index in [2.05, 4.69) is 6.58 Å². The van der Waals surface area contributed by atoms with Gasteiger partial charge in [0.15, 0.2) is 0 Å². The molecule has 2 radical (unpaired) electrons. The molecule has 0 aliphatic heterocycles. The fourth-order valence-corrected chi connectivity index (χ4v) is 0. The molecule has 0 aliphatic rings. The average molecular weight is 356 g/mol. The van der Waals surface area contributed by atoms with Gasteiger partial charge in [0.05, 0.1) is 0 Å². The van der Waals surface area contributed by atoms with E-state index in [-0.39, 0.29) is 101 Å². The van der Waals surface area contributed by atoms with E-state index in [4.69, 9.17) is 5.11 Å². The van der Waals surface area contributed by atoms with Crippen LogP contribution in [0.15, 0.2) is 12.7 Å². The first kappa shape index (κ1) is 22.4. The molecule has 0 saturated heterocycles. The standard InChI is InChI=1S/C3H4O2.La.Mn.Sr.2H/c1-2-3(4)5;;;;;/h2H,1H2,(H,4,5);;;;;/q;;;+2;2*-1. The van der Waals surface area contributed by atoms with E-state index >= 15 is 0 Å². The van der Waals surface area contributed by atoms with E-state index in [9.17, 15) is 4.79 Å². The first-order valence-electron chi connectivity index (χ1n) is 1.12. The molecule has 8 heavy (non-hydrogen) atoms. The summed E-state index contributed by atoms with van der Waals surface area (Å²) in [6.45, 7) is 2.96. The van der Waals surface area contributed by atoms with E-state index < -0.39 is 5.97 Å². The van der Waals surface area contributed by atoms with Gasteiger partial charge >= 0.3 is 51.5 Å². The fraction of sp³-hybridized carbons (Fsp3) is 0. The Bertz CT molecular complexity index is 75.5. The van der Waals surface area contributed by atoms with Crippen LogP contribution in [0.5, 0.6) is 0 Å². The van der Waals surface area contributed by atoms with E-state index in [1.807, 2.05) is 0 Å². The predicted octanol–water partition coefficient (Wildman–Crippen LogP) is 0.0987. The molecule has 0 amide bonds. The van der Waals surface area contributed by atoms with Gasteiger partial charge in [-0.3, -0.25) is 0 Å². The summed E-state index contributed by atoms with van der Waals surface area (Å²) in [5, 5.41) is 7.60. The first-order valence-corrected chi connectivity index (χ1v) is 1.12. The van der Waals surface area contributed by atoms with Crippen molar-refractivity contribution in [2.45, 2.75) is 0 Å². The molecule has 0 heterocycles.